The largest absolute Gasteiger partial charge is 0.426 e. The highest BCUT2D eigenvalue weighted by Crippen LogP contribution is 2.35. The van der Waals surface area contributed by atoms with Crippen LogP contribution in [-0.2, 0) is 11.2 Å². The lowest BCUT2D eigenvalue weighted by atomic mass is 9.81. The maximum Gasteiger partial charge on any atom is 0.315 e. The van der Waals surface area contributed by atoms with Crippen LogP contribution in [0.3, 0.4) is 0 Å². The van der Waals surface area contributed by atoms with Gasteiger partial charge in [-0.05, 0) is 35.8 Å². The van der Waals surface area contributed by atoms with Gasteiger partial charge in [0.25, 0.3) is 0 Å². The van der Waals surface area contributed by atoms with Gasteiger partial charge in [0.2, 0.25) is 0 Å². The first-order chi connectivity index (χ1) is 8.47. The average Bonchev–Trinajstić information content (AvgIpc) is 2.64. The van der Waals surface area contributed by atoms with Gasteiger partial charge in [0.1, 0.15) is 5.75 Å². The van der Waals surface area contributed by atoms with Gasteiger partial charge in [-0.1, -0.05) is 39.8 Å². The predicted molar refractivity (Wildman–Crippen MR) is 72.8 cm³/mol. The van der Waals surface area contributed by atoms with Crippen LogP contribution >= 0.6 is 0 Å². The molecule has 1 atom stereocenters. The number of hydrogen-bond donors (Lipinski definition) is 0. The third-order valence-corrected chi connectivity index (χ3v) is 3.60. The molecule has 1 unspecified atom stereocenters. The van der Waals surface area contributed by atoms with E-state index in [1.54, 1.807) is 0 Å². The lowest BCUT2D eigenvalue weighted by molar-refractivity contribution is -0.131. The van der Waals surface area contributed by atoms with E-state index in [1.165, 1.54) is 12.0 Å². The highest BCUT2D eigenvalue weighted by Gasteiger charge is 2.23. The van der Waals surface area contributed by atoms with Crippen LogP contribution in [0.4, 0.5) is 0 Å². The molecular formula is C16H22O2. The monoisotopic (exact) mass is 246 g/mol. The molecule has 0 saturated carbocycles. The van der Waals surface area contributed by atoms with Crippen molar-refractivity contribution >= 4 is 5.97 Å². The van der Waals surface area contributed by atoms with E-state index in [9.17, 15) is 4.79 Å². The minimum absolute atomic E-state index is 0.132. The fourth-order valence-electron chi connectivity index (χ4n) is 2.68. The molecule has 2 nitrogen and oxygen atoms in total. The smallest absolute Gasteiger partial charge is 0.315 e. The van der Waals surface area contributed by atoms with Crippen molar-refractivity contribution in [1.82, 2.24) is 0 Å². The quantitative estimate of drug-likeness (QED) is 0.594. The molecule has 2 heteroatoms. The van der Waals surface area contributed by atoms with Gasteiger partial charge in [-0.15, -0.1) is 0 Å². The molecule has 2 rings (SSSR count). The normalized spacial score (nSPS) is 16.0. The molecule has 0 bridgehead atoms. The molecule has 98 valence electrons. The van der Waals surface area contributed by atoms with Crippen LogP contribution in [0.25, 0.3) is 0 Å². The van der Waals surface area contributed by atoms with Crippen LogP contribution in [0.1, 0.15) is 51.2 Å². The average molecular weight is 246 g/mol. The number of rotatable bonds is 4. The van der Waals surface area contributed by atoms with Gasteiger partial charge in [0.15, 0.2) is 0 Å². The molecule has 0 saturated heterocycles. The SMILES string of the molecule is CC(C)CC(c1ccc2c(c1)CC(=O)O2)C(C)C. The number of carbonyl (C=O) groups excluding carboxylic acids is 1. The number of esters is 1. The molecule has 1 heterocycles. The Morgan fingerprint density at radius 2 is 1.94 bits per heavy atom. The summed E-state index contributed by atoms with van der Waals surface area (Å²) < 4.78 is 5.14. The van der Waals surface area contributed by atoms with Crippen molar-refractivity contribution in [2.75, 3.05) is 0 Å². The zero-order valence-electron chi connectivity index (χ0n) is 11.7. The Morgan fingerprint density at radius 3 is 2.56 bits per heavy atom. The molecule has 0 fully saturated rings. The summed E-state index contributed by atoms with van der Waals surface area (Å²) >= 11 is 0. The zero-order chi connectivity index (χ0) is 13.3. The van der Waals surface area contributed by atoms with Crippen LogP contribution in [0, 0.1) is 11.8 Å². The van der Waals surface area contributed by atoms with Gasteiger partial charge in [0, 0.05) is 5.56 Å². The molecule has 0 aliphatic carbocycles. The summed E-state index contributed by atoms with van der Waals surface area (Å²) in [6, 6.07) is 6.23. The number of carbonyl (C=O) groups is 1. The van der Waals surface area contributed by atoms with E-state index < -0.39 is 0 Å². The molecular weight excluding hydrogens is 224 g/mol. The maximum absolute atomic E-state index is 11.3. The van der Waals surface area contributed by atoms with E-state index in [0.29, 0.717) is 24.2 Å². The Hall–Kier alpha value is -1.31. The maximum atomic E-state index is 11.3. The van der Waals surface area contributed by atoms with Gasteiger partial charge in [-0.2, -0.15) is 0 Å². The molecule has 1 aliphatic rings. The molecule has 18 heavy (non-hydrogen) atoms. The fraction of sp³-hybridized carbons (Fsp3) is 0.562. The summed E-state index contributed by atoms with van der Waals surface area (Å²) in [5.74, 6) is 2.47. The second-order valence-electron chi connectivity index (χ2n) is 6.00. The van der Waals surface area contributed by atoms with Gasteiger partial charge < -0.3 is 4.74 Å². The van der Waals surface area contributed by atoms with Crippen molar-refractivity contribution < 1.29 is 9.53 Å². The van der Waals surface area contributed by atoms with E-state index in [0.717, 1.165) is 11.3 Å². The van der Waals surface area contributed by atoms with Crippen molar-refractivity contribution in [3.05, 3.63) is 29.3 Å². The predicted octanol–water partition coefficient (Wildman–Crippen LogP) is 3.93. The summed E-state index contributed by atoms with van der Waals surface area (Å²) in [6.07, 6.45) is 1.61. The van der Waals surface area contributed by atoms with Gasteiger partial charge in [0.05, 0.1) is 6.42 Å². The van der Waals surface area contributed by atoms with Crippen LogP contribution in [0.15, 0.2) is 18.2 Å². The van der Waals surface area contributed by atoms with E-state index in [4.69, 9.17) is 4.74 Å². The Balaban J connectivity index is 2.27. The topological polar surface area (TPSA) is 26.3 Å². The first kappa shape index (κ1) is 13.1. The second kappa shape index (κ2) is 5.13. The molecule has 0 aromatic heterocycles. The van der Waals surface area contributed by atoms with Crippen molar-refractivity contribution in [3.8, 4) is 5.75 Å². The van der Waals surface area contributed by atoms with Crippen molar-refractivity contribution in [1.29, 1.82) is 0 Å². The van der Waals surface area contributed by atoms with E-state index in [2.05, 4.69) is 39.8 Å². The highest BCUT2D eigenvalue weighted by atomic mass is 16.5. The first-order valence-corrected chi connectivity index (χ1v) is 6.81. The number of hydrogen-bond acceptors (Lipinski definition) is 2. The fourth-order valence-corrected chi connectivity index (χ4v) is 2.68. The van der Waals surface area contributed by atoms with Gasteiger partial charge >= 0.3 is 5.97 Å². The minimum Gasteiger partial charge on any atom is -0.426 e. The van der Waals surface area contributed by atoms with E-state index >= 15 is 0 Å². The summed E-state index contributed by atoms with van der Waals surface area (Å²) in [4.78, 5) is 11.3. The Bertz CT molecular complexity index is 446. The number of fused-ring (bicyclic) bond motifs is 1. The number of ether oxygens (including phenoxy) is 1. The van der Waals surface area contributed by atoms with E-state index in [-0.39, 0.29) is 5.97 Å². The lowest BCUT2D eigenvalue weighted by Gasteiger charge is -2.23. The Morgan fingerprint density at radius 1 is 1.22 bits per heavy atom. The molecule has 0 radical (unpaired) electrons. The third kappa shape index (κ3) is 2.74. The first-order valence-electron chi connectivity index (χ1n) is 6.81. The third-order valence-electron chi connectivity index (χ3n) is 3.60. The molecule has 1 aromatic carbocycles. The molecule has 0 N–H and O–H groups in total. The summed E-state index contributed by atoms with van der Waals surface area (Å²) in [5.41, 5.74) is 2.39. The standard InChI is InChI=1S/C16H22O2/c1-10(2)7-14(11(3)4)12-5-6-15-13(8-12)9-16(17)18-15/h5-6,8,10-11,14H,7,9H2,1-4H3. The van der Waals surface area contributed by atoms with Crippen LogP contribution in [0.2, 0.25) is 0 Å². The van der Waals surface area contributed by atoms with Gasteiger partial charge in [-0.25, -0.2) is 0 Å². The number of benzene rings is 1. The molecule has 1 aliphatic heterocycles. The molecule has 1 aromatic rings. The van der Waals surface area contributed by atoms with Crippen molar-refractivity contribution in [2.24, 2.45) is 11.8 Å². The Labute approximate surface area is 109 Å². The van der Waals surface area contributed by atoms with Crippen molar-refractivity contribution in [3.63, 3.8) is 0 Å². The summed E-state index contributed by atoms with van der Waals surface area (Å²) in [7, 11) is 0. The molecule has 0 amide bonds. The zero-order valence-corrected chi connectivity index (χ0v) is 11.7. The van der Waals surface area contributed by atoms with Crippen LogP contribution < -0.4 is 4.74 Å². The van der Waals surface area contributed by atoms with Crippen LogP contribution in [0.5, 0.6) is 5.75 Å². The van der Waals surface area contributed by atoms with Gasteiger partial charge in [-0.3, -0.25) is 4.79 Å². The summed E-state index contributed by atoms with van der Waals surface area (Å²) in [5, 5.41) is 0. The Kier molecular flexibility index (Phi) is 3.74. The van der Waals surface area contributed by atoms with E-state index in [1.807, 2.05) is 6.07 Å². The summed E-state index contributed by atoms with van der Waals surface area (Å²) in [6.45, 7) is 9.05. The highest BCUT2D eigenvalue weighted by molar-refractivity contribution is 5.81. The van der Waals surface area contributed by atoms with Crippen molar-refractivity contribution in [2.45, 2.75) is 46.5 Å². The van der Waals surface area contributed by atoms with Crippen LogP contribution in [-0.4, -0.2) is 5.97 Å². The minimum atomic E-state index is -0.132. The lowest BCUT2D eigenvalue weighted by Crippen LogP contribution is -2.10. The second-order valence-corrected chi connectivity index (χ2v) is 6.00. The molecule has 0 spiro atoms.